The first kappa shape index (κ1) is 21.7. The lowest BCUT2D eigenvalue weighted by Crippen LogP contribution is -2.52. The molecule has 0 bridgehead atoms. The first-order chi connectivity index (χ1) is 15.9. The lowest BCUT2D eigenvalue weighted by atomic mass is 9.45. The summed E-state index contributed by atoms with van der Waals surface area (Å²) < 4.78 is 6.13. The summed E-state index contributed by atoms with van der Waals surface area (Å²) >= 11 is 6.15. The second-order valence-corrected chi connectivity index (χ2v) is 12.2. The van der Waals surface area contributed by atoms with E-state index in [2.05, 4.69) is 13.8 Å². The van der Waals surface area contributed by atoms with Crippen molar-refractivity contribution in [2.45, 2.75) is 71.6 Å². The molecule has 6 rings (SSSR count). The van der Waals surface area contributed by atoms with Crippen molar-refractivity contribution in [3.63, 3.8) is 0 Å². The lowest BCUT2D eigenvalue weighted by molar-refractivity contribution is -0.137. The van der Waals surface area contributed by atoms with Crippen molar-refractivity contribution in [1.82, 2.24) is 0 Å². The molecule has 4 saturated carbocycles. The highest BCUT2D eigenvalue weighted by Gasteiger charge is 2.60. The molecule has 0 radical (unpaired) electrons. The number of ketones is 1. The zero-order valence-corrected chi connectivity index (χ0v) is 20.7. The molecule has 4 fully saturated rings. The zero-order chi connectivity index (χ0) is 22.8. The van der Waals surface area contributed by atoms with Gasteiger partial charge < -0.3 is 4.42 Å². The molecule has 174 valence electrons. The highest BCUT2D eigenvalue weighted by atomic mass is 35.5. The van der Waals surface area contributed by atoms with E-state index in [-0.39, 0.29) is 5.41 Å². The van der Waals surface area contributed by atoms with Gasteiger partial charge in [-0.2, -0.15) is 0 Å². The SMILES string of the molecule is C[C@]12CCCC[C@H]1CC[C@H]1[C@H]2CC[C@@]2(C)C(=O)/C(=C\c3ccc(-c4cccc(Cl)c4)o3)C[C@H]12. The molecule has 0 unspecified atom stereocenters. The summed E-state index contributed by atoms with van der Waals surface area (Å²) in [6, 6.07) is 11.7. The number of hydrogen-bond donors (Lipinski definition) is 0. The second-order valence-electron chi connectivity index (χ2n) is 11.8. The maximum Gasteiger partial charge on any atom is 0.165 e. The predicted molar refractivity (Wildman–Crippen MR) is 134 cm³/mol. The van der Waals surface area contributed by atoms with E-state index in [1.165, 1.54) is 44.9 Å². The van der Waals surface area contributed by atoms with Gasteiger partial charge in [0.2, 0.25) is 0 Å². The molecule has 0 saturated heterocycles. The van der Waals surface area contributed by atoms with E-state index in [1.54, 1.807) is 0 Å². The zero-order valence-electron chi connectivity index (χ0n) is 19.9. The third kappa shape index (κ3) is 3.39. The Morgan fingerprint density at radius 2 is 1.88 bits per heavy atom. The molecule has 33 heavy (non-hydrogen) atoms. The number of fused-ring (bicyclic) bond motifs is 5. The monoisotopic (exact) mass is 462 g/mol. The van der Waals surface area contributed by atoms with Crippen LogP contribution in [0, 0.1) is 34.5 Å². The van der Waals surface area contributed by atoms with Gasteiger partial charge in [0, 0.05) is 16.0 Å². The van der Waals surface area contributed by atoms with Crippen molar-refractivity contribution in [2.24, 2.45) is 34.5 Å². The summed E-state index contributed by atoms with van der Waals surface area (Å²) in [4.78, 5) is 13.7. The van der Waals surface area contributed by atoms with E-state index in [0.29, 0.717) is 28.1 Å². The third-order valence-electron chi connectivity index (χ3n) is 10.3. The van der Waals surface area contributed by atoms with Gasteiger partial charge in [-0.05, 0) is 110 Å². The molecule has 3 heteroatoms. The fraction of sp³-hybridized carbons (Fsp3) is 0.567. The van der Waals surface area contributed by atoms with Gasteiger partial charge in [-0.1, -0.05) is 50.4 Å². The van der Waals surface area contributed by atoms with Crippen LogP contribution in [0.2, 0.25) is 5.02 Å². The van der Waals surface area contributed by atoms with Crippen LogP contribution in [0.3, 0.4) is 0 Å². The van der Waals surface area contributed by atoms with Gasteiger partial charge in [0.15, 0.2) is 5.78 Å². The number of halogens is 1. The van der Waals surface area contributed by atoms with E-state index >= 15 is 0 Å². The van der Waals surface area contributed by atoms with Gasteiger partial charge in [0.25, 0.3) is 0 Å². The minimum Gasteiger partial charge on any atom is -0.457 e. The van der Waals surface area contributed by atoms with E-state index in [0.717, 1.165) is 47.3 Å². The van der Waals surface area contributed by atoms with Crippen molar-refractivity contribution in [3.05, 3.63) is 52.8 Å². The topological polar surface area (TPSA) is 30.2 Å². The van der Waals surface area contributed by atoms with Crippen LogP contribution in [-0.4, -0.2) is 5.78 Å². The number of rotatable bonds is 2. The molecule has 2 nitrogen and oxygen atoms in total. The first-order valence-corrected chi connectivity index (χ1v) is 13.4. The maximum absolute atomic E-state index is 13.7. The van der Waals surface area contributed by atoms with E-state index in [4.69, 9.17) is 16.0 Å². The Morgan fingerprint density at radius 1 is 1.00 bits per heavy atom. The molecule has 0 N–H and O–H groups in total. The largest absolute Gasteiger partial charge is 0.457 e. The van der Waals surface area contributed by atoms with Crippen LogP contribution in [0.5, 0.6) is 0 Å². The first-order valence-electron chi connectivity index (χ1n) is 13.0. The van der Waals surface area contributed by atoms with Crippen LogP contribution in [0.15, 0.2) is 46.4 Å². The Balaban J connectivity index is 1.28. The molecule has 2 aromatic rings. The number of allylic oxidation sites excluding steroid dienone is 1. The van der Waals surface area contributed by atoms with Crippen molar-refractivity contribution in [2.75, 3.05) is 0 Å². The van der Waals surface area contributed by atoms with Gasteiger partial charge in [-0.25, -0.2) is 0 Å². The molecule has 4 aliphatic rings. The molecule has 0 amide bonds. The minimum absolute atomic E-state index is 0.187. The van der Waals surface area contributed by atoms with Gasteiger partial charge in [-0.3, -0.25) is 4.79 Å². The molecule has 0 aliphatic heterocycles. The van der Waals surface area contributed by atoms with Crippen molar-refractivity contribution >= 4 is 23.5 Å². The van der Waals surface area contributed by atoms with Gasteiger partial charge >= 0.3 is 0 Å². The summed E-state index contributed by atoms with van der Waals surface area (Å²) in [6.45, 7) is 4.87. The van der Waals surface area contributed by atoms with Crippen LogP contribution in [0.1, 0.15) is 77.4 Å². The fourth-order valence-corrected chi connectivity index (χ4v) is 8.68. The maximum atomic E-state index is 13.7. The average Bonchev–Trinajstić information content (AvgIpc) is 3.37. The minimum atomic E-state index is -0.187. The summed E-state index contributed by atoms with van der Waals surface area (Å²) in [7, 11) is 0. The fourth-order valence-electron chi connectivity index (χ4n) is 8.49. The van der Waals surface area contributed by atoms with Crippen LogP contribution in [-0.2, 0) is 4.79 Å². The van der Waals surface area contributed by atoms with Crippen LogP contribution in [0.25, 0.3) is 17.4 Å². The molecule has 0 spiro atoms. The normalized spacial score (nSPS) is 39.2. The predicted octanol–water partition coefficient (Wildman–Crippen LogP) is 8.60. The van der Waals surface area contributed by atoms with Crippen molar-refractivity contribution in [3.8, 4) is 11.3 Å². The Morgan fingerprint density at radius 3 is 2.73 bits per heavy atom. The third-order valence-corrected chi connectivity index (χ3v) is 10.5. The molecule has 1 aromatic heterocycles. The Kier molecular flexibility index (Phi) is 5.18. The summed E-state index contributed by atoms with van der Waals surface area (Å²) in [6.07, 6.45) is 13.6. The molecule has 6 atom stereocenters. The van der Waals surface area contributed by atoms with Crippen LogP contribution < -0.4 is 0 Å². The van der Waals surface area contributed by atoms with E-state index < -0.39 is 0 Å². The molecule has 1 heterocycles. The Labute approximate surface area is 202 Å². The van der Waals surface area contributed by atoms with Crippen LogP contribution >= 0.6 is 11.6 Å². The molecular weight excluding hydrogens is 428 g/mol. The smallest absolute Gasteiger partial charge is 0.165 e. The Bertz CT molecular complexity index is 1110. The number of hydrogen-bond acceptors (Lipinski definition) is 2. The number of furan rings is 1. The quantitative estimate of drug-likeness (QED) is 0.418. The van der Waals surface area contributed by atoms with E-state index in [1.807, 2.05) is 42.5 Å². The van der Waals surface area contributed by atoms with Crippen LogP contribution in [0.4, 0.5) is 0 Å². The molecule has 1 aromatic carbocycles. The average molecular weight is 463 g/mol. The lowest BCUT2D eigenvalue weighted by Gasteiger charge is -2.59. The summed E-state index contributed by atoms with van der Waals surface area (Å²) in [5, 5.41) is 0.697. The highest BCUT2D eigenvalue weighted by Crippen LogP contribution is 2.66. The van der Waals surface area contributed by atoms with Crippen molar-refractivity contribution < 1.29 is 9.21 Å². The number of Topliss-reactive ketones (excluding diaryl/α,β-unsaturated/α-hetero) is 1. The van der Waals surface area contributed by atoms with E-state index in [9.17, 15) is 4.79 Å². The van der Waals surface area contributed by atoms with Crippen molar-refractivity contribution in [1.29, 1.82) is 0 Å². The second kappa shape index (κ2) is 7.87. The number of carbonyl (C=O) groups is 1. The summed E-state index contributed by atoms with van der Waals surface area (Å²) in [5.74, 6) is 4.87. The number of carbonyl (C=O) groups excluding carboxylic acids is 1. The number of benzene rings is 1. The standard InChI is InChI=1S/C30H35ClO2/c1-29-14-4-3-7-21(29)9-11-24-25(29)13-15-30(2)26(24)18-20(28(30)32)17-23-10-12-27(33-23)19-6-5-8-22(31)16-19/h5-6,8,10,12,16-17,21,24-26H,3-4,7,9,11,13-15,18H2,1-2H3/b20-17-/t21-,24-,25+,26+,29-,30+/m0/s1. The summed E-state index contributed by atoms with van der Waals surface area (Å²) in [5.41, 5.74) is 2.26. The van der Waals surface area contributed by atoms with Gasteiger partial charge in [0.1, 0.15) is 11.5 Å². The van der Waals surface area contributed by atoms with Gasteiger partial charge in [0.05, 0.1) is 0 Å². The molecule has 4 aliphatic carbocycles. The molecular formula is C30H35ClO2. The highest BCUT2D eigenvalue weighted by molar-refractivity contribution is 6.30. The Hall–Kier alpha value is -1.80. The van der Waals surface area contributed by atoms with Gasteiger partial charge in [-0.15, -0.1) is 0 Å².